The second kappa shape index (κ2) is 17.6. The molecule has 6 aliphatic carbocycles. The summed E-state index contributed by atoms with van der Waals surface area (Å²) in [5.74, 6) is -3.72. The molecule has 0 spiro atoms. The number of hydrogen-bond donors (Lipinski definition) is 3. The van der Waals surface area contributed by atoms with Gasteiger partial charge in [0.25, 0.3) is 22.3 Å². The number of nitrogens with zero attached hydrogens (tertiary/aromatic N) is 4. The van der Waals surface area contributed by atoms with Gasteiger partial charge in [-0.05, 0) is 60.9 Å². The Morgan fingerprint density at radius 3 is 1.25 bits per heavy atom. The molecular formula is C54H44N4O14. The van der Waals surface area contributed by atoms with E-state index in [1.165, 1.54) is 38.1 Å². The fourth-order valence-corrected chi connectivity index (χ4v) is 11.6. The molecular weight excluding hydrogens is 929 g/mol. The summed E-state index contributed by atoms with van der Waals surface area (Å²) in [7, 11) is 0. The largest absolute Gasteiger partial charge is 0.481 e. The molecule has 18 nitrogen and oxygen atoms in total. The molecule has 0 saturated heterocycles. The average molecular weight is 973 g/mol. The van der Waals surface area contributed by atoms with E-state index in [4.69, 9.17) is 5.11 Å². The molecule has 13 rings (SSSR count). The van der Waals surface area contributed by atoms with Gasteiger partial charge in [-0.25, -0.2) is 4.79 Å². The smallest absolute Gasteiger partial charge is 0.330 e. The fraction of sp³-hybridized carbons (Fsp3) is 0.204. The number of carbonyl (C=O) groups is 3. The zero-order chi connectivity index (χ0) is 52.3. The Bertz CT molecular complexity index is 3340. The van der Waals surface area contributed by atoms with Gasteiger partial charge in [-0.1, -0.05) is 140 Å². The molecule has 0 aliphatic heterocycles. The Balaban J connectivity index is 0.000000139. The van der Waals surface area contributed by atoms with Crippen molar-refractivity contribution in [3.05, 3.63) is 249 Å². The number of benzene rings is 7. The molecule has 2 atom stereocenters. The lowest BCUT2D eigenvalue weighted by molar-refractivity contribution is -0.618. The highest BCUT2D eigenvalue weighted by molar-refractivity contribution is 6.08. The molecule has 364 valence electrons. The van der Waals surface area contributed by atoms with Gasteiger partial charge in [0, 0.05) is 66.1 Å². The van der Waals surface area contributed by atoms with E-state index in [0.717, 1.165) is 21.9 Å². The van der Waals surface area contributed by atoms with Crippen molar-refractivity contribution >= 4 is 45.1 Å². The average Bonchev–Trinajstić information content (AvgIpc) is 3.35. The molecule has 6 aliphatic rings. The third-order valence-electron chi connectivity index (χ3n) is 14.8. The molecule has 0 aromatic heterocycles. The maximum Gasteiger partial charge on any atom is 0.330 e. The quantitative estimate of drug-likeness (QED) is 0.0580. The lowest BCUT2D eigenvalue weighted by Crippen LogP contribution is -2.67. The molecule has 0 radical (unpaired) electrons. The zero-order valence-corrected chi connectivity index (χ0v) is 38.8. The molecule has 0 saturated carbocycles. The van der Waals surface area contributed by atoms with Crippen LogP contribution in [0.2, 0.25) is 0 Å². The summed E-state index contributed by atoms with van der Waals surface area (Å²) in [6.07, 6.45) is -0.516. The summed E-state index contributed by atoms with van der Waals surface area (Å²) in [4.78, 5) is 80.3. The van der Waals surface area contributed by atoms with Gasteiger partial charge in [-0.3, -0.25) is 50.0 Å². The first-order valence-corrected chi connectivity index (χ1v) is 22.3. The van der Waals surface area contributed by atoms with Crippen LogP contribution in [-0.2, 0) is 31.0 Å². The zero-order valence-electron chi connectivity index (χ0n) is 38.8. The van der Waals surface area contributed by atoms with E-state index in [9.17, 15) is 65.1 Å². The standard InChI is InChI=1S/C18H14N2O6.C18H15NO4.C14H9NO2.C4H6O2/c1-16(15(21)22)10-17(19(23)24)11-6-2-4-8-13(11)18(16,20(25)26)14-9-5-3-7-12(14)17;1-17(16(20)21)10-18(19(22)23)13-8-4-2-6-11(13)15(17)12-7-3-5-9-14(12)18;16-15(17)14-12-7-3-1-5-10(12)9-11-6-2-4-8-13(11)14;1-3(2)4(5)6/h2-9H,10H2,1H3,(H,21,22);2-9,15H,10H2,1H3,(H,20,21);1-9H;1H2,2H3,(H,5,6). The Morgan fingerprint density at radius 1 is 0.528 bits per heavy atom. The minimum atomic E-state index is -2.09. The van der Waals surface area contributed by atoms with Crippen molar-refractivity contribution in [3.63, 3.8) is 0 Å². The number of hydrogen-bond acceptors (Lipinski definition) is 11. The van der Waals surface area contributed by atoms with Crippen molar-refractivity contribution in [2.45, 2.75) is 56.1 Å². The number of carboxylic acids is 3. The normalized spacial score (nSPS) is 24.1. The summed E-state index contributed by atoms with van der Waals surface area (Å²) in [6, 6.07) is 43.3. The Morgan fingerprint density at radius 2 is 0.889 bits per heavy atom. The number of carboxylic acid groups (broad SMARTS) is 3. The van der Waals surface area contributed by atoms with Crippen LogP contribution in [0.25, 0.3) is 21.5 Å². The minimum Gasteiger partial charge on any atom is -0.481 e. The van der Waals surface area contributed by atoms with E-state index in [0.29, 0.717) is 21.9 Å². The minimum absolute atomic E-state index is 0.0268. The van der Waals surface area contributed by atoms with Crippen molar-refractivity contribution in [2.24, 2.45) is 10.8 Å². The SMILES string of the molecule is C=C(C)C(=O)O.CC1(C(=O)O)CC2([N+](=O)[O-])c3ccccc3C1([N+](=O)[O-])c1ccccc12.CC1(C(=O)O)CC2([N+](=O)[O-])c3ccccc3C1c1ccccc12.O=[N+]([O-])c1c2ccccc2cc2ccccc12. The van der Waals surface area contributed by atoms with E-state index in [2.05, 4.69) is 6.58 Å². The highest BCUT2D eigenvalue weighted by Crippen LogP contribution is 2.67. The summed E-state index contributed by atoms with van der Waals surface area (Å²) in [5.41, 5.74) is -4.89. The van der Waals surface area contributed by atoms with Crippen LogP contribution in [0.15, 0.2) is 164 Å². The van der Waals surface area contributed by atoms with E-state index >= 15 is 0 Å². The van der Waals surface area contributed by atoms with Gasteiger partial charge in [0.05, 0.1) is 27.5 Å². The van der Waals surface area contributed by atoms with Crippen LogP contribution in [0.4, 0.5) is 5.69 Å². The van der Waals surface area contributed by atoms with Crippen molar-refractivity contribution in [3.8, 4) is 0 Å². The van der Waals surface area contributed by atoms with Crippen LogP contribution >= 0.6 is 0 Å². The molecule has 0 fully saturated rings. The lowest BCUT2D eigenvalue weighted by Gasteiger charge is -2.52. The van der Waals surface area contributed by atoms with E-state index in [1.54, 1.807) is 67.6 Å². The maximum absolute atomic E-state index is 12.4. The summed E-state index contributed by atoms with van der Waals surface area (Å²) in [6.45, 7) is 7.47. The first kappa shape index (κ1) is 49.2. The van der Waals surface area contributed by atoms with Crippen LogP contribution in [-0.4, -0.2) is 52.9 Å². The van der Waals surface area contributed by atoms with Crippen molar-refractivity contribution in [1.29, 1.82) is 0 Å². The van der Waals surface area contributed by atoms with E-state index in [1.807, 2.05) is 66.7 Å². The number of non-ortho nitro benzene ring substituents is 1. The number of aliphatic carboxylic acids is 3. The summed E-state index contributed by atoms with van der Waals surface area (Å²) < 4.78 is 0. The molecule has 7 aromatic carbocycles. The molecule has 72 heavy (non-hydrogen) atoms. The fourth-order valence-electron chi connectivity index (χ4n) is 11.6. The number of nitro benzene ring substituents is 1. The number of rotatable bonds is 7. The molecule has 18 heteroatoms. The van der Waals surface area contributed by atoms with Crippen LogP contribution in [0, 0.1) is 51.3 Å². The predicted molar refractivity (Wildman–Crippen MR) is 262 cm³/mol. The summed E-state index contributed by atoms with van der Waals surface area (Å²) >= 11 is 0. The molecule has 0 heterocycles. The van der Waals surface area contributed by atoms with Crippen LogP contribution < -0.4 is 0 Å². The second-order valence-corrected chi connectivity index (χ2v) is 18.6. The monoisotopic (exact) mass is 972 g/mol. The Kier molecular flexibility index (Phi) is 12.1. The topological polar surface area (TPSA) is 284 Å². The highest BCUT2D eigenvalue weighted by Gasteiger charge is 2.80. The second-order valence-electron chi connectivity index (χ2n) is 18.6. The first-order chi connectivity index (χ1) is 34.1. The molecule has 2 unspecified atom stereocenters. The van der Waals surface area contributed by atoms with Gasteiger partial charge in [-0.2, -0.15) is 0 Å². The first-order valence-electron chi connectivity index (χ1n) is 22.3. The van der Waals surface area contributed by atoms with Crippen LogP contribution in [0.5, 0.6) is 0 Å². The van der Waals surface area contributed by atoms with Crippen molar-refractivity contribution in [2.75, 3.05) is 0 Å². The van der Waals surface area contributed by atoms with Crippen LogP contribution in [0.1, 0.15) is 84.0 Å². The molecule has 3 N–H and O–H groups in total. The third kappa shape index (κ3) is 6.88. The van der Waals surface area contributed by atoms with Gasteiger partial charge in [0.2, 0.25) is 0 Å². The maximum atomic E-state index is 12.4. The van der Waals surface area contributed by atoms with Gasteiger partial charge >= 0.3 is 17.9 Å². The van der Waals surface area contributed by atoms with Gasteiger partial charge in [0.1, 0.15) is 0 Å². The third-order valence-corrected chi connectivity index (χ3v) is 14.8. The van der Waals surface area contributed by atoms with Crippen molar-refractivity contribution in [1.82, 2.24) is 0 Å². The van der Waals surface area contributed by atoms with Gasteiger partial charge in [-0.15, -0.1) is 0 Å². The molecule has 4 bridgehead atoms. The molecule has 7 aromatic rings. The van der Waals surface area contributed by atoms with Gasteiger partial charge < -0.3 is 15.3 Å². The number of fused-ring (bicyclic) bond motifs is 4. The van der Waals surface area contributed by atoms with E-state index < -0.39 is 61.6 Å². The number of nitro groups is 4. The molecule has 0 amide bonds. The van der Waals surface area contributed by atoms with Crippen molar-refractivity contribution < 1.29 is 49.4 Å². The lowest BCUT2D eigenvalue weighted by atomic mass is 9.46. The van der Waals surface area contributed by atoms with Gasteiger partial charge in [0.15, 0.2) is 5.41 Å². The summed E-state index contributed by atoms with van der Waals surface area (Å²) in [5, 5.41) is 79.0. The van der Waals surface area contributed by atoms with Crippen LogP contribution in [0.3, 0.4) is 0 Å². The van der Waals surface area contributed by atoms with E-state index in [-0.39, 0.29) is 55.7 Å². The highest BCUT2D eigenvalue weighted by atomic mass is 16.6. The Hall–Kier alpha value is -9.19. The predicted octanol–water partition coefficient (Wildman–Crippen LogP) is 10.2. The Labute approximate surface area is 409 Å².